The zero-order valence-electron chi connectivity index (χ0n) is 22.4. The Labute approximate surface area is 226 Å². The molecule has 202 valence electrons. The fraction of sp³-hybridized carbons (Fsp3) is 0.321. The molecule has 3 N–H and O–H groups in total. The van der Waals surface area contributed by atoms with Gasteiger partial charge in [-0.25, -0.2) is 15.0 Å². The fourth-order valence-corrected chi connectivity index (χ4v) is 4.55. The Bertz CT molecular complexity index is 1460. The molecule has 0 saturated carbocycles. The first-order chi connectivity index (χ1) is 18.9. The van der Waals surface area contributed by atoms with Gasteiger partial charge in [0.05, 0.1) is 35.7 Å². The maximum Gasteiger partial charge on any atom is 0.184 e. The van der Waals surface area contributed by atoms with Crippen LogP contribution < -0.4 is 15.4 Å². The predicted molar refractivity (Wildman–Crippen MR) is 149 cm³/mol. The number of ether oxygens (including phenoxy) is 1. The molecule has 0 amide bonds. The molecule has 0 radical (unpaired) electrons. The van der Waals surface area contributed by atoms with Crippen molar-refractivity contribution >= 4 is 28.8 Å². The molecule has 1 saturated heterocycles. The van der Waals surface area contributed by atoms with Crippen LogP contribution in [0.4, 0.5) is 23.0 Å². The Morgan fingerprint density at radius 1 is 1.10 bits per heavy atom. The zero-order valence-corrected chi connectivity index (χ0v) is 22.4. The van der Waals surface area contributed by atoms with Crippen LogP contribution in [-0.4, -0.2) is 66.8 Å². The molecular weight excluding hydrogens is 496 g/mol. The molecule has 1 atom stereocenters. The number of methoxy groups -OCH3 is 1. The van der Waals surface area contributed by atoms with E-state index < -0.39 is 0 Å². The Morgan fingerprint density at radius 2 is 1.90 bits per heavy atom. The number of ketones is 1. The molecule has 5 rings (SSSR count). The fourth-order valence-electron chi connectivity index (χ4n) is 4.55. The Hall–Kier alpha value is -4.35. The monoisotopic (exact) mass is 528 g/mol. The molecule has 1 aliphatic heterocycles. The third-order valence-electron chi connectivity index (χ3n) is 6.82. The summed E-state index contributed by atoms with van der Waals surface area (Å²) < 4.78 is 7.36. The molecule has 0 bridgehead atoms. The molecule has 11 heteroatoms. The summed E-state index contributed by atoms with van der Waals surface area (Å²) in [7, 11) is 3.39. The van der Waals surface area contributed by atoms with Crippen molar-refractivity contribution in [3.63, 3.8) is 0 Å². The number of anilines is 4. The molecule has 39 heavy (non-hydrogen) atoms. The van der Waals surface area contributed by atoms with Crippen LogP contribution in [-0.2, 0) is 7.05 Å². The average molecular weight is 529 g/mol. The van der Waals surface area contributed by atoms with E-state index in [1.807, 2.05) is 43.5 Å². The largest absolute Gasteiger partial charge is 0.494 e. The van der Waals surface area contributed by atoms with E-state index in [0.29, 0.717) is 59.7 Å². The third-order valence-corrected chi connectivity index (χ3v) is 6.82. The molecule has 0 unspecified atom stereocenters. The molecule has 1 aliphatic rings. The number of aromatic nitrogens is 5. The van der Waals surface area contributed by atoms with Gasteiger partial charge in [-0.15, -0.1) is 0 Å². The Balaban J connectivity index is 1.41. The van der Waals surface area contributed by atoms with Crippen LogP contribution in [0.15, 0.2) is 55.1 Å². The molecule has 4 aromatic rings. The number of rotatable bonds is 10. The number of nitrogens with one attached hydrogen (secondary N) is 2. The number of nitrogens with zero attached hydrogens (tertiary/aromatic N) is 6. The van der Waals surface area contributed by atoms with Crippen molar-refractivity contribution in [1.82, 2.24) is 29.6 Å². The van der Waals surface area contributed by atoms with E-state index >= 15 is 0 Å². The first-order valence-electron chi connectivity index (χ1n) is 12.8. The maximum absolute atomic E-state index is 12.8. The highest BCUT2D eigenvalue weighted by Crippen LogP contribution is 2.37. The van der Waals surface area contributed by atoms with Gasteiger partial charge in [-0.2, -0.15) is 5.10 Å². The Kier molecular flexibility index (Phi) is 7.53. The van der Waals surface area contributed by atoms with Gasteiger partial charge in [0.2, 0.25) is 0 Å². The quantitative estimate of drug-likeness (QED) is 0.259. The SMILES string of the molecule is CCC(=O)c1cnc(Nc2ccc([C@H](C)N3CC(O)C3)cn2)cc1Nc1cccc(-c2ncn(C)n2)c1OC. The van der Waals surface area contributed by atoms with E-state index in [0.717, 1.165) is 11.1 Å². The lowest BCUT2D eigenvalue weighted by Crippen LogP contribution is -2.51. The van der Waals surface area contributed by atoms with Crippen LogP contribution in [0.3, 0.4) is 0 Å². The number of likely N-dealkylation sites (tertiary alicyclic amines) is 1. The van der Waals surface area contributed by atoms with Gasteiger partial charge in [0.15, 0.2) is 17.4 Å². The highest BCUT2D eigenvalue weighted by atomic mass is 16.5. The van der Waals surface area contributed by atoms with Crippen molar-refractivity contribution in [2.75, 3.05) is 30.8 Å². The van der Waals surface area contributed by atoms with Crippen LogP contribution in [0.1, 0.15) is 42.2 Å². The van der Waals surface area contributed by atoms with Gasteiger partial charge in [0, 0.05) is 51.1 Å². The number of Topliss-reactive ketones (excluding diaryl/α,β-unsaturated/α-hetero) is 1. The maximum atomic E-state index is 12.8. The number of hydrogen-bond acceptors (Lipinski definition) is 10. The number of carbonyl (C=O) groups is 1. The van der Waals surface area contributed by atoms with Crippen molar-refractivity contribution in [3.8, 4) is 17.1 Å². The van der Waals surface area contributed by atoms with Crippen LogP contribution in [0.25, 0.3) is 11.4 Å². The van der Waals surface area contributed by atoms with Crippen LogP contribution in [0.5, 0.6) is 5.75 Å². The van der Waals surface area contributed by atoms with Crippen molar-refractivity contribution in [2.24, 2.45) is 7.05 Å². The summed E-state index contributed by atoms with van der Waals surface area (Å²) in [6.45, 7) is 5.28. The van der Waals surface area contributed by atoms with Gasteiger partial charge in [-0.1, -0.05) is 19.1 Å². The van der Waals surface area contributed by atoms with Gasteiger partial charge in [-0.3, -0.25) is 14.4 Å². The van der Waals surface area contributed by atoms with E-state index in [-0.39, 0.29) is 17.9 Å². The standard InChI is InChI=1S/C28H32N8O3/c1-5-24(38)21-13-30-26(33-25-10-9-18(12-29-25)17(2)36-14-19(37)15-36)11-23(21)32-22-8-6-7-20(27(22)39-4)28-31-16-35(3)34-28/h6-13,16-17,19,37H,5,14-15H2,1-4H3,(H2,29,30,32,33)/t17-/m0/s1. The van der Waals surface area contributed by atoms with E-state index in [1.54, 1.807) is 37.4 Å². The van der Waals surface area contributed by atoms with Gasteiger partial charge in [0.25, 0.3) is 0 Å². The summed E-state index contributed by atoms with van der Waals surface area (Å²) in [6.07, 6.45) is 5.12. The smallest absolute Gasteiger partial charge is 0.184 e. The summed E-state index contributed by atoms with van der Waals surface area (Å²) in [5, 5.41) is 20.6. The van der Waals surface area contributed by atoms with Gasteiger partial charge in [0.1, 0.15) is 18.0 Å². The van der Waals surface area contributed by atoms with E-state index in [2.05, 4.69) is 42.5 Å². The van der Waals surface area contributed by atoms with E-state index in [4.69, 9.17) is 4.74 Å². The number of aliphatic hydroxyl groups is 1. The molecule has 1 aromatic carbocycles. The predicted octanol–water partition coefficient (Wildman–Crippen LogP) is 4.10. The average Bonchev–Trinajstić information content (AvgIpc) is 3.37. The summed E-state index contributed by atoms with van der Waals surface area (Å²) in [4.78, 5) is 28.3. The molecule has 1 fully saturated rings. The second-order valence-corrected chi connectivity index (χ2v) is 9.53. The summed E-state index contributed by atoms with van der Waals surface area (Å²) >= 11 is 0. The number of carbonyl (C=O) groups excluding carboxylic acids is 1. The zero-order chi connectivity index (χ0) is 27.5. The second kappa shape index (κ2) is 11.2. The van der Waals surface area contributed by atoms with Crippen molar-refractivity contribution in [1.29, 1.82) is 0 Å². The first kappa shape index (κ1) is 26.3. The topological polar surface area (TPSA) is 130 Å². The number of para-hydroxylation sites is 1. The molecule has 4 heterocycles. The number of hydrogen-bond donors (Lipinski definition) is 3. The third kappa shape index (κ3) is 5.59. The molecule has 0 aliphatic carbocycles. The van der Waals surface area contributed by atoms with E-state index in [9.17, 15) is 9.90 Å². The van der Waals surface area contributed by atoms with Gasteiger partial charge < -0.3 is 20.5 Å². The van der Waals surface area contributed by atoms with E-state index in [1.165, 1.54) is 0 Å². The van der Waals surface area contributed by atoms with Gasteiger partial charge in [-0.05, 0) is 30.7 Å². The van der Waals surface area contributed by atoms with Crippen molar-refractivity contribution in [2.45, 2.75) is 32.4 Å². The minimum absolute atomic E-state index is 0.0364. The second-order valence-electron chi connectivity index (χ2n) is 9.53. The highest BCUT2D eigenvalue weighted by molar-refractivity contribution is 6.02. The van der Waals surface area contributed by atoms with Crippen LogP contribution in [0.2, 0.25) is 0 Å². The minimum atomic E-state index is -0.244. The number of aliphatic hydroxyl groups excluding tert-OH is 1. The summed E-state index contributed by atoms with van der Waals surface area (Å²) in [5.41, 5.74) is 3.52. The Morgan fingerprint density at radius 3 is 2.54 bits per heavy atom. The number of pyridine rings is 2. The van der Waals surface area contributed by atoms with Crippen LogP contribution >= 0.6 is 0 Å². The normalized spacial score (nSPS) is 14.5. The number of aryl methyl sites for hydroxylation is 1. The van der Waals surface area contributed by atoms with Crippen molar-refractivity contribution < 1.29 is 14.6 Å². The highest BCUT2D eigenvalue weighted by Gasteiger charge is 2.29. The summed E-state index contributed by atoms with van der Waals surface area (Å²) in [5.74, 6) is 2.22. The summed E-state index contributed by atoms with van der Waals surface area (Å²) in [6, 6.07) is 11.5. The number of benzene rings is 1. The van der Waals surface area contributed by atoms with Gasteiger partial charge >= 0.3 is 0 Å². The first-order valence-corrected chi connectivity index (χ1v) is 12.8. The lowest BCUT2D eigenvalue weighted by molar-refractivity contribution is -0.0212. The van der Waals surface area contributed by atoms with Crippen LogP contribution in [0, 0.1) is 0 Å². The molecule has 11 nitrogen and oxygen atoms in total. The minimum Gasteiger partial charge on any atom is -0.494 e. The number of β-amino-alcohol motifs (C(OH)–C–C–N with tert-alkyl or cyclic N) is 1. The molecular formula is C28H32N8O3. The molecule has 0 spiro atoms. The molecule has 3 aromatic heterocycles. The lowest BCUT2D eigenvalue weighted by Gasteiger charge is -2.40. The van der Waals surface area contributed by atoms with Crippen molar-refractivity contribution in [3.05, 3.63) is 66.2 Å². The lowest BCUT2D eigenvalue weighted by atomic mass is 10.0.